The van der Waals surface area contributed by atoms with Crippen LogP contribution in [0.3, 0.4) is 0 Å². The third kappa shape index (κ3) is 10.2. The Balaban J connectivity index is 1.73. The van der Waals surface area contributed by atoms with Crippen molar-refractivity contribution in [1.29, 1.82) is 0 Å². The summed E-state index contributed by atoms with van der Waals surface area (Å²) >= 11 is 3.51. The standard InChI is InChI=1S/C25H33BrN2O3/c1-3-5-12-23(19-27-18-20-9-6-11-22(26)16-20)28-14-8-15-31-24-13-7-10-21(17-24)25(29)30-4-2/h3,5-7,9-13,16-17,25,27-29H,4,8,14-15,18-19H2,1-2H3/b5-3-,23-12+. The van der Waals surface area contributed by atoms with Gasteiger partial charge in [0.1, 0.15) is 5.75 Å². The van der Waals surface area contributed by atoms with Gasteiger partial charge < -0.3 is 25.2 Å². The van der Waals surface area contributed by atoms with Gasteiger partial charge in [-0.2, -0.15) is 0 Å². The van der Waals surface area contributed by atoms with Crippen molar-refractivity contribution in [3.63, 3.8) is 0 Å². The average molecular weight is 489 g/mol. The number of hydrogen-bond donors (Lipinski definition) is 3. The maximum Gasteiger partial charge on any atom is 0.181 e. The number of aliphatic hydroxyl groups excluding tert-OH is 1. The van der Waals surface area contributed by atoms with Gasteiger partial charge in [0.2, 0.25) is 0 Å². The van der Waals surface area contributed by atoms with Gasteiger partial charge in [-0.3, -0.25) is 0 Å². The Morgan fingerprint density at radius 2 is 2.03 bits per heavy atom. The van der Waals surface area contributed by atoms with Gasteiger partial charge in [0, 0.05) is 42.0 Å². The number of rotatable bonds is 14. The smallest absolute Gasteiger partial charge is 0.181 e. The fourth-order valence-corrected chi connectivity index (χ4v) is 3.35. The molecule has 1 atom stereocenters. The number of aliphatic hydroxyl groups is 1. The summed E-state index contributed by atoms with van der Waals surface area (Å²) in [6, 6.07) is 15.7. The van der Waals surface area contributed by atoms with Crippen molar-refractivity contribution in [2.45, 2.75) is 33.1 Å². The number of ether oxygens (including phenoxy) is 2. The second-order valence-corrected chi connectivity index (χ2v) is 7.88. The van der Waals surface area contributed by atoms with Crippen LogP contribution < -0.4 is 15.4 Å². The first-order valence-electron chi connectivity index (χ1n) is 10.7. The van der Waals surface area contributed by atoms with E-state index < -0.39 is 6.29 Å². The van der Waals surface area contributed by atoms with E-state index in [1.165, 1.54) is 5.56 Å². The van der Waals surface area contributed by atoms with E-state index in [4.69, 9.17) is 9.47 Å². The lowest BCUT2D eigenvalue weighted by molar-refractivity contribution is -0.0980. The minimum absolute atomic E-state index is 0.457. The molecule has 0 aliphatic rings. The van der Waals surface area contributed by atoms with Crippen LogP contribution in [0.4, 0.5) is 0 Å². The first kappa shape index (κ1) is 25.1. The van der Waals surface area contributed by atoms with Crippen molar-refractivity contribution in [2.75, 3.05) is 26.3 Å². The van der Waals surface area contributed by atoms with Crippen molar-refractivity contribution < 1.29 is 14.6 Å². The van der Waals surface area contributed by atoms with E-state index in [0.29, 0.717) is 18.8 Å². The number of hydrogen-bond acceptors (Lipinski definition) is 5. The van der Waals surface area contributed by atoms with Gasteiger partial charge in [0.25, 0.3) is 0 Å². The summed E-state index contributed by atoms with van der Waals surface area (Å²) < 4.78 is 12.1. The van der Waals surface area contributed by atoms with Gasteiger partial charge >= 0.3 is 0 Å². The summed E-state index contributed by atoms with van der Waals surface area (Å²) in [5.74, 6) is 0.733. The lowest BCUT2D eigenvalue weighted by Crippen LogP contribution is -2.26. The zero-order chi connectivity index (χ0) is 22.3. The van der Waals surface area contributed by atoms with Crippen LogP contribution in [0.25, 0.3) is 0 Å². The van der Waals surface area contributed by atoms with Gasteiger partial charge in [-0.05, 0) is 56.2 Å². The number of benzene rings is 2. The van der Waals surface area contributed by atoms with Gasteiger partial charge in [0.05, 0.1) is 6.61 Å². The molecule has 0 heterocycles. The molecule has 0 spiro atoms. The molecule has 5 nitrogen and oxygen atoms in total. The molecule has 0 aliphatic heterocycles. The highest BCUT2D eigenvalue weighted by Crippen LogP contribution is 2.20. The van der Waals surface area contributed by atoms with Crippen LogP contribution in [0.2, 0.25) is 0 Å². The molecule has 0 fully saturated rings. The van der Waals surface area contributed by atoms with Gasteiger partial charge in [-0.15, -0.1) is 0 Å². The SMILES string of the molecule is C/C=C\C=C(/CNCc1cccc(Br)c1)NCCCOc1cccc(C(O)OCC)c1. The highest BCUT2D eigenvalue weighted by Gasteiger charge is 2.07. The summed E-state index contributed by atoms with van der Waals surface area (Å²) in [6.45, 7) is 7.28. The molecule has 0 saturated carbocycles. The average Bonchev–Trinajstić information content (AvgIpc) is 2.77. The molecular formula is C25H33BrN2O3. The Kier molecular flexibility index (Phi) is 12.0. The Morgan fingerprint density at radius 3 is 2.81 bits per heavy atom. The number of halogens is 1. The molecule has 0 amide bonds. The third-order valence-corrected chi connectivity index (χ3v) is 4.93. The molecule has 0 aromatic heterocycles. The minimum atomic E-state index is -0.918. The van der Waals surface area contributed by atoms with E-state index in [1.807, 2.05) is 62.4 Å². The number of allylic oxidation sites excluding steroid dienone is 3. The molecule has 168 valence electrons. The second-order valence-electron chi connectivity index (χ2n) is 6.96. The van der Waals surface area contributed by atoms with Crippen molar-refractivity contribution in [3.8, 4) is 5.75 Å². The molecule has 0 bridgehead atoms. The highest BCUT2D eigenvalue weighted by molar-refractivity contribution is 9.10. The highest BCUT2D eigenvalue weighted by atomic mass is 79.9. The van der Waals surface area contributed by atoms with Crippen LogP contribution >= 0.6 is 15.9 Å². The molecule has 0 radical (unpaired) electrons. The Morgan fingerprint density at radius 1 is 1.19 bits per heavy atom. The van der Waals surface area contributed by atoms with E-state index in [2.05, 4.69) is 44.8 Å². The molecule has 2 rings (SSSR count). The largest absolute Gasteiger partial charge is 0.494 e. The van der Waals surface area contributed by atoms with Crippen LogP contribution in [-0.4, -0.2) is 31.4 Å². The molecule has 2 aromatic carbocycles. The molecule has 6 heteroatoms. The Labute approximate surface area is 194 Å². The molecule has 0 saturated heterocycles. The number of nitrogens with one attached hydrogen (secondary N) is 2. The predicted molar refractivity (Wildman–Crippen MR) is 130 cm³/mol. The van der Waals surface area contributed by atoms with Crippen LogP contribution in [0.5, 0.6) is 5.75 Å². The zero-order valence-electron chi connectivity index (χ0n) is 18.3. The minimum Gasteiger partial charge on any atom is -0.494 e. The zero-order valence-corrected chi connectivity index (χ0v) is 19.9. The van der Waals surface area contributed by atoms with Crippen molar-refractivity contribution in [2.24, 2.45) is 0 Å². The van der Waals surface area contributed by atoms with Crippen LogP contribution in [0.1, 0.15) is 37.7 Å². The molecule has 31 heavy (non-hydrogen) atoms. The van der Waals surface area contributed by atoms with E-state index in [0.717, 1.165) is 42.0 Å². The quantitative estimate of drug-likeness (QED) is 0.196. The lowest BCUT2D eigenvalue weighted by atomic mass is 10.2. The second kappa shape index (κ2) is 14.8. The summed E-state index contributed by atoms with van der Waals surface area (Å²) in [7, 11) is 0. The fraction of sp³-hybridized carbons (Fsp3) is 0.360. The van der Waals surface area contributed by atoms with Crippen molar-refractivity contribution in [3.05, 3.63) is 88.1 Å². The first-order valence-corrected chi connectivity index (χ1v) is 11.4. The first-order chi connectivity index (χ1) is 15.1. The predicted octanol–water partition coefficient (Wildman–Crippen LogP) is 5.08. The molecule has 2 aromatic rings. The van der Waals surface area contributed by atoms with Gasteiger partial charge in [-0.1, -0.05) is 52.3 Å². The van der Waals surface area contributed by atoms with Crippen molar-refractivity contribution in [1.82, 2.24) is 10.6 Å². The summed E-state index contributed by atoms with van der Waals surface area (Å²) in [4.78, 5) is 0. The van der Waals surface area contributed by atoms with E-state index in [1.54, 1.807) is 0 Å². The van der Waals surface area contributed by atoms with Gasteiger partial charge in [-0.25, -0.2) is 0 Å². The molecule has 1 unspecified atom stereocenters. The molecule has 3 N–H and O–H groups in total. The molecule has 0 aliphatic carbocycles. The normalized spacial score (nSPS) is 12.8. The monoisotopic (exact) mass is 488 g/mol. The fourth-order valence-electron chi connectivity index (χ4n) is 2.90. The van der Waals surface area contributed by atoms with Crippen LogP contribution in [0, 0.1) is 0 Å². The van der Waals surface area contributed by atoms with E-state index in [9.17, 15) is 5.11 Å². The van der Waals surface area contributed by atoms with Gasteiger partial charge in [0.15, 0.2) is 6.29 Å². The van der Waals surface area contributed by atoms with E-state index in [-0.39, 0.29) is 0 Å². The Hall–Kier alpha value is -2.12. The van der Waals surface area contributed by atoms with Crippen LogP contribution in [-0.2, 0) is 11.3 Å². The topological polar surface area (TPSA) is 62.8 Å². The summed E-state index contributed by atoms with van der Waals surface area (Å²) in [5.41, 5.74) is 3.07. The lowest BCUT2D eigenvalue weighted by Gasteiger charge is -2.14. The summed E-state index contributed by atoms with van der Waals surface area (Å²) in [6.07, 6.45) is 6.08. The van der Waals surface area contributed by atoms with Crippen LogP contribution in [0.15, 0.2) is 76.9 Å². The maximum atomic E-state index is 9.94. The molecular weight excluding hydrogens is 456 g/mol. The third-order valence-electron chi connectivity index (χ3n) is 4.43. The maximum absolute atomic E-state index is 9.94. The van der Waals surface area contributed by atoms with Crippen molar-refractivity contribution >= 4 is 15.9 Å². The Bertz CT molecular complexity index is 839. The van der Waals surface area contributed by atoms with E-state index >= 15 is 0 Å². The summed E-state index contributed by atoms with van der Waals surface area (Å²) in [5, 5.41) is 16.9.